The maximum Gasteiger partial charge on any atom is 0.295 e. The number of imidazole rings is 1. The quantitative estimate of drug-likeness (QED) is 0.355. The molecule has 2 heterocycles. The second-order valence-electron chi connectivity index (χ2n) is 7.20. The van der Waals surface area contributed by atoms with Crippen LogP contribution in [0.15, 0.2) is 72.8 Å². The molecule has 0 radical (unpaired) electrons. The number of ketones is 1. The molecule has 158 valence electrons. The molecule has 0 aliphatic carbocycles. The maximum absolute atomic E-state index is 13.5. The van der Waals surface area contributed by atoms with Crippen molar-refractivity contribution < 1.29 is 19.1 Å². The minimum absolute atomic E-state index is 0.0263. The fourth-order valence-corrected chi connectivity index (χ4v) is 3.83. The topological polar surface area (TPSA) is 75.4 Å². The number of carbonyl (C=O) groups is 2. The standard InChI is InChI=1S/C23H19ClFN3O3/c24-17-6-2-16(3-7-17)21(29)19-20(15-4-8-18(25)9-5-15)28(23(31)22(19)30)12-1-11-27-13-10-26-14-27/h2-10,13-14,20,29H,1,11-12H2/b21-19-. The molecule has 1 unspecified atom stereocenters. The lowest BCUT2D eigenvalue weighted by atomic mass is 9.95. The third-order valence-corrected chi connectivity index (χ3v) is 5.47. The minimum Gasteiger partial charge on any atom is -0.507 e. The highest BCUT2D eigenvalue weighted by atomic mass is 35.5. The second-order valence-corrected chi connectivity index (χ2v) is 7.64. The zero-order valence-corrected chi connectivity index (χ0v) is 17.2. The van der Waals surface area contributed by atoms with Crippen molar-refractivity contribution in [3.05, 3.63) is 94.8 Å². The molecule has 4 rings (SSSR count). The van der Waals surface area contributed by atoms with Crippen LogP contribution in [0, 0.1) is 5.82 Å². The summed E-state index contributed by atoms with van der Waals surface area (Å²) in [5.74, 6) is -2.19. The number of rotatable bonds is 6. The summed E-state index contributed by atoms with van der Waals surface area (Å²) in [7, 11) is 0. The Morgan fingerprint density at radius 3 is 2.42 bits per heavy atom. The predicted octanol–water partition coefficient (Wildman–Crippen LogP) is 4.19. The summed E-state index contributed by atoms with van der Waals surface area (Å²) in [5, 5.41) is 11.4. The van der Waals surface area contributed by atoms with Crippen LogP contribution in [0.4, 0.5) is 4.39 Å². The Labute approximate surface area is 183 Å². The zero-order valence-electron chi connectivity index (χ0n) is 16.4. The molecule has 3 aromatic rings. The van der Waals surface area contributed by atoms with Crippen molar-refractivity contribution in [2.45, 2.75) is 19.0 Å². The van der Waals surface area contributed by atoms with E-state index in [-0.39, 0.29) is 17.9 Å². The number of hydrogen-bond acceptors (Lipinski definition) is 4. The van der Waals surface area contributed by atoms with Crippen LogP contribution in [0.5, 0.6) is 0 Å². The summed E-state index contributed by atoms with van der Waals surface area (Å²) in [4.78, 5) is 31.2. The molecular formula is C23H19ClFN3O3. The molecule has 1 amide bonds. The number of hydrogen-bond donors (Lipinski definition) is 1. The highest BCUT2D eigenvalue weighted by molar-refractivity contribution is 6.46. The third-order valence-electron chi connectivity index (χ3n) is 5.22. The van der Waals surface area contributed by atoms with E-state index < -0.39 is 23.5 Å². The predicted molar refractivity (Wildman–Crippen MR) is 114 cm³/mol. The summed E-state index contributed by atoms with van der Waals surface area (Å²) in [5.41, 5.74) is 0.883. The molecule has 1 N–H and O–H groups in total. The van der Waals surface area contributed by atoms with Gasteiger partial charge in [0.25, 0.3) is 11.7 Å². The van der Waals surface area contributed by atoms with Crippen LogP contribution in [0.1, 0.15) is 23.6 Å². The molecule has 2 aromatic carbocycles. The Balaban J connectivity index is 1.72. The number of aromatic nitrogens is 2. The van der Waals surface area contributed by atoms with E-state index in [2.05, 4.69) is 4.98 Å². The van der Waals surface area contributed by atoms with Gasteiger partial charge in [-0.15, -0.1) is 0 Å². The Morgan fingerprint density at radius 2 is 1.77 bits per heavy atom. The van der Waals surface area contributed by atoms with Gasteiger partial charge in [-0.3, -0.25) is 9.59 Å². The first-order valence-corrected chi connectivity index (χ1v) is 10.1. The Bertz CT molecular complexity index is 1130. The highest BCUT2D eigenvalue weighted by Crippen LogP contribution is 2.39. The Kier molecular flexibility index (Phi) is 5.86. The van der Waals surface area contributed by atoms with Gasteiger partial charge in [-0.05, 0) is 48.4 Å². The van der Waals surface area contributed by atoms with Crippen molar-refractivity contribution in [3.8, 4) is 0 Å². The number of aryl methyl sites for hydroxylation is 1. The lowest BCUT2D eigenvalue weighted by molar-refractivity contribution is -0.139. The number of nitrogens with zero attached hydrogens (tertiary/aromatic N) is 3. The molecule has 1 atom stereocenters. The van der Waals surface area contributed by atoms with Crippen molar-refractivity contribution in [2.75, 3.05) is 6.54 Å². The number of benzene rings is 2. The van der Waals surface area contributed by atoms with Gasteiger partial charge in [0.05, 0.1) is 17.9 Å². The number of halogens is 2. The van der Waals surface area contributed by atoms with Crippen LogP contribution >= 0.6 is 11.6 Å². The van der Waals surface area contributed by atoms with E-state index in [0.29, 0.717) is 29.1 Å². The second kappa shape index (κ2) is 8.73. The summed E-state index contributed by atoms with van der Waals surface area (Å²) < 4.78 is 15.4. The Morgan fingerprint density at radius 1 is 1.06 bits per heavy atom. The molecule has 8 heteroatoms. The fraction of sp³-hybridized carbons (Fsp3) is 0.174. The Hall–Kier alpha value is -3.45. The van der Waals surface area contributed by atoms with Crippen molar-refractivity contribution in [1.29, 1.82) is 0 Å². The summed E-state index contributed by atoms with van der Waals surface area (Å²) in [6.45, 7) is 0.887. The van der Waals surface area contributed by atoms with Crippen molar-refractivity contribution >= 4 is 29.1 Å². The van der Waals surface area contributed by atoms with Gasteiger partial charge in [0.15, 0.2) is 0 Å². The molecule has 0 bridgehead atoms. The van der Waals surface area contributed by atoms with Crippen LogP contribution in [0.3, 0.4) is 0 Å². The van der Waals surface area contributed by atoms with Crippen LogP contribution in [0.2, 0.25) is 5.02 Å². The molecule has 0 spiro atoms. The van der Waals surface area contributed by atoms with Gasteiger partial charge < -0.3 is 14.6 Å². The molecule has 1 aliphatic rings. The van der Waals surface area contributed by atoms with Gasteiger partial charge in [-0.1, -0.05) is 23.7 Å². The van der Waals surface area contributed by atoms with E-state index in [1.54, 1.807) is 36.8 Å². The van der Waals surface area contributed by atoms with E-state index >= 15 is 0 Å². The molecular weight excluding hydrogens is 421 g/mol. The molecule has 31 heavy (non-hydrogen) atoms. The van der Waals surface area contributed by atoms with Gasteiger partial charge in [0, 0.05) is 36.1 Å². The van der Waals surface area contributed by atoms with Crippen molar-refractivity contribution in [3.63, 3.8) is 0 Å². The zero-order chi connectivity index (χ0) is 22.0. The average molecular weight is 440 g/mol. The third kappa shape index (κ3) is 4.22. The van der Waals surface area contributed by atoms with E-state index in [0.717, 1.165) is 0 Å². The van der Waals surface area contributed by atoms with Gasteiger partial charge in [0.1, 0.15) is 11.6 Å². The summed E-state index contributed by atoms with van der Waals surface area (Å²) in [6, 6.07) is 11.1. The molecule has 6 nitrogen and oxygen atoms in total. The highest BCUT2D eigenvalue weighted by Gasteiger charge is 2.45. The van der Waals surface area contributed by atoms with Crippen LogP contribution in [-0.4, -0.2) is 37.8 Å². The van der Waals surface area contributed by atoms with E-state index in [1.807, 2.05) is 10.8 Å². The number of likely N-dealkylation sites (tertiary alicyclic amines) is 1. The van der Waals surface area contributed by atoms with E-state index in [9.17, 15) is 19.1 Å². The molecule has 1 saturated heterocycles. The fourth-order valence-electron chi connectivity index (χ4n) is 3.71. The van der Waals surface area contributed by atoms with Crippen LogP contribution in [0.25, 0.3) is 5.76 Å². The monoisotopic (exact) mass is 439 g/mol. The summed E-state index contributed by atoms with van der Waals surface area (Å²) >= 11 is 5.92. The number of carbonyl (C=O) groups excluding carboxylic acids is 2. The van der Waals surface area contributed by atoms with E-state index in [1.165, 1.54) is 29.2 Å². The number of amides is 1. The average Bonchev–Trinajstić information content (AvgIpc) is 3.37. The van der Waals surface area contributed by atoms with Gasteiger partial charge in [-0.25, -0.2) is 9.37 Å². The van der Waals surface area contributed by atoms with Crippen LogP contribution in [-0.2, 0) is 16.1 Å². The molecule has 1 aliphatic heterocycles. The normalized spacial score (nSPS) is 18.0. The van der Waals surface area contributed by atoms with Gasteiger partial charge >= 0.3 is 0 Å². The molecule has 0 saturated carbocycles. The number of Topliss-reactive ketones (excluding diaryl/α,β-unsaturated/α-hetero) is 1. The number of aliphatic hydroxyl groups is 1. The molecule has 1 aromatic heterocycles. The summed E-state index contributed by atoms with van der Waals surface area (Å²) in [6.07, 6.45) is 5.72. The first kappa shape index (κ1) is 20.8. The largest absolute Gasteiger partial charge is 0.507 e. The first-order chi connectivity index (χ1) is 15.0. The molecule has 1 fully saturated rings. The van der Waals surface area contributed by atoms with Crippen LogP contribution < -0.4 is 0 Å². The van der Waals surface area contributed by atoms with Gasteiger partial charge in [0.2, 0.25) is 0 Å². The van der Waals surface area contributed by atoms with E-state index in [4.69, 9.17) is 11.6 Å². The lowest BCUT2D eigenvalue weighted by Crippen LogP contribution is -2.31. The number of aliphatic hydroxyl groups excluding tert-OH is 1. The first-order valence-electron chi connectivity index (χ1n) is 9.71. The van der Waals surface area contributed by atoms with Crippen molar-refractivity contribution in [1.82, 2.24) is 14.5 Å². The SMILES string of the molecule is O=C1C(=O)N(CCCn2ccnc2)C(c2ccc(F)cc2)/C1=C(/O)c1ccc(Cl)cc1. The lowest BCUT2D eigenvalue weighted by Gasteiger charge is -2.25. The van der Waals surface area contributed by atoms with Crippen molar-refractivity contribution in [2.24, 2.45) is 0 Å². The minimum atomic E-state index is -0.820. The smallest absolute Gasteiger partial charge is 0.295 e. The van der Waals surface area contributed by atoms with Gasteiger partial charge in [-0.2, -0.15) is 0 Å². The maximum atomic E-state index is 13.5.